The van der Waals surface area contributed by atoms with Gasteiger partial charge in [-0.2, -0.15) is 0 Å². The van der Waals surface area contributed by atoms with E-state index in [9.17, 15) is 8.78 Å². The first-order valence-electron chi connectivity index (χ1n) is 13.7. The highest BCUT2D eigenvalue weighted by atomic mass is 19.2. The van der Waals surface area contributed by atoms with Crippen molar-refractivity contribution in [2.75, 3.05) is 0 Å². The number of aryl methyl sites for hydroxylation is 3. The van der Waals surface area contributed by atoms with Crippen molar-refractivity contribution >= 4 is 10.8 Å². The smallest absolute Gasteiger partial charge is 0.159 e. The predicted octanol–water partition coefficient (Wildman–Crippen LogP) is 9.75. The van der Waals surface area contributed by atoms with E-state index in [0.717, 1.165) is 29.7 Å². The third kappa shape index (κ3) is 7.12. The van der Waals surface area contributed by atoms with Gasteiger partial charge in [0.15, 0.2) is 11.6 Å². The quantitative estimate of drug-likeness (QED) is 0.240. The average molecular weight is 481 g/mol. The summed E-state index contributed by atoms with van der Waals surface area (Å²) < 4.78 is 41.7. The monoisotopic (exact) mass is 480 g/mol. The Morgan fingerprint density at radius 3 is 2.11 bits per heavy atom. The topological polar surface area (TPSA) is 0 Å². The number of rotatable bonds is 11. The molecule has 0 saturated heterocycles. The summed E-state index contributed by atoms with van der Waals surface area (Å²) in [4.78, 5) is 0. The standard InChI is InChI=1S/C32H39F3/c1-2-3-4-5-6-23-7-9-24(10-8-23)11-12-25-14-19-29-28(21-25)18-17-27(32(29)35)16-13-26-15-20-30(33)31(34)22-26/h14-15,17-24H,2-13,16H2,1H3. The van der Waals surface area contributed by atoms with E-state index in [2.05, 4.69) is 19.1 Å². The molecule has 4 rings (SSSR count). The van der Waals surface area contributed by atoms with Crippen molar-refractivity contribution in [3.8, 4) is 0 Å². The third-order valence-electron chi connectivity index (χ3n) is 8.04. The Balaban J connectivity index is 1.28. The number of unbranched alkanes of at least 4 members (excludes halogenated alkanes) is 3. The zero-order valence-electron chi connectivity index (χ0n) is 21.1. The number of hydrogen-bond donors (Lipinski definition) is 0. The summed E-state index contributed by atoms with van der Waals surface area (Å²) in [7, 11) is 0. The molecule has 1 saturated carbocycles. The molecule has 1 fully saturated rings. The molecule has 3 aromatic rings. The van der Waals surface area contributed by atoms with Crippen molar-refractivity contribution in [1.29, 1.82) is 0 Å². The van der Waals surface area contributed by atoms with Crippen molar-refractivity contribution in [2.24, 2.45) is 11.8 Å². The molecule has 0 nitrogen and oxygen atoms in total. The predicted molar refractivity (Wildman–Crippen MR) is 140 cm³/mol. The number of benzene rings is 3. The molecule has 0 bridgehead atoms. The summed E-state index contributed by atoms with van der Waals surface area (Å²) in [5.74, 6) is -0.138. The van der Waals surface area contributed by atoms with Crippen LogP contribution in [0.15, 0.2) is 48.5 Å². The Morgan fingerprint density at radius 2 is 1.37 bits per heavy atom. The van der Waals surface area contributed by atoms with E-state index in [1.807, 2.05) is 18.2 Å². The molecule has 0 spiro atoms. The molecule has 3 heteroatoms. The van der Waals surface area contributed by atoms with Gasteiger partial charge in [0.1, 0.15) is 5.82 Å². The van der Waals surface area contributed by atoms with Gasteiger partial charge in [0.2, 0.25) is 0 Å². The minimum atomic E-state index is -0.857. The fourth-order valence-electron chi connectivity index (χ4n) is 5.75. The molecule has 35 heavy (non-hydrogen) atoms. The van der Waals surface area contributed by atoms with Crippen LogP contribution in [0.25, 0.3) is 10.8 Å². The van der Waals surface area contributed by atoms with E-state index in [1.165, 1.54) is 75.8 Å². The Bertz CT molecular complexity index is 1100. The Hall–Kier alpha value is -2.29. The molecule has 1 aliphatic carbocycles. The van der Waals surface area contributed by atoms with Crippen LogP contribution in [0.2, 0.25) is 0 Å². The van der Waals surface area contributed by atoms with E-state index in [-0.39, 0.29) is 5.82 Å². The van der Waals surface area contributed by atoms with Crippen molar-refractivity contribution in [2.45, 2.75) is 90.4 Å². The Labute approximate surface area is 209 Å². The van der Waals surface area contributed by atoms with Gasteiger partial charge in [-0.15, -0.1) is 0 Å². The first-order chi connectivity index (χ1) is 17.0. The van der Waals surface area contributed by atoms with Crippen LogP contribution in [-0.4, -0.2) is 0 Å². The maximum Gasteiger partial charge on any atom is 0.159 e. The summed E-state index contributed by atoms with van der Waals surface area (Å²) in [6.45, 7) is 2.27. The third-order valence-corrected chi connectivity index (χ3v) is 8.04. The highest BCUT2D eigenvalue weighted by Gasteiger charge is 2.20. The molecule has 0 N–H and O–H groups in total. The van der Waals surface area contributed by atoms with E-state index in [0.29, 0.717) is 29.4 Å². The number of hydrogen-bond acceptors (Lipinski definition) is 0. The average Bonchev–Trinajstić information content (AvgIpc) is 2.87. The molecule has 0 heterocycles. The Kier molecular flexibility index (Phi) is 9.29. The van der Waals surface area contributed by atoms with Gasteiger partial charge in [-0.3, -0.25) is 0 Å². The molecule has 0 atom stereocenters. The van der Waals surface area contributed by atoms with Gasteiger partial charge in [0, 0.05) is 5.39 Å². The van der Waals surface area contributed by atoms with Gasteiger partial charge in [0.05, 0.1) is 0 Å². The fourth-order valence-corrected chi connectivity index (χ4v) is 5.75. The summed E-state index contributed by atoms with van der Waals surface area (Å²) in [5.41, 5.74) is 2.57. The lowest BCUT2D eigenvalue weighted by molar-refractivity contribution is 0.249. The van der Waals surface area contributed by atoms with Crippen LogP contribution >= 0.6 is 0 Å². The van der Waals surface area contributed by atoms with E-state index >= 15 is 4.39 Å². The minimum absolute atomic E-state index is 0.200. The van der Waals surface area contributed by atoms with Crippen molar-refractivity contribution in [1.82, 2.24) is 0 Å². The lowest BCUT2D eigenvalue weighted by Crippen LogP contribution is -2.15. The second-order valence-electron chi connectivity index (χ2n) is 10.6. The van der Waals surface area contributed by atoms with Gasteiger partial charge >= 0.3 is 0 Å². The van der Waals surface area contributed by atoms with E-state index < -0.39 is 11.6 Å². The van der Waals surface area contributed by atoms with Crippen LogP contribution in [0.1, 0.15) is 87.8 Å². The summed E-state index contributed by atoms with van der Waals surface area (Å²) in [5, 5.41) is 1.58. The first kappa shape index (κ1) is 25.8. The molecule has 0 amide bonds. The maximum atomic E-state index is 15.2. The van der Waals surface area contributed by atoms with Gasteiger partial charge in [-0.25, -0.2) is 13.2 Å². The second-order valence-corrected chi connectivity index (χ2v) is 10.6. The first-order valence-corrected chi connectivity index (χ1v) is 13.7. The van der Waals surface area contributed by atoms with Gasteiger partial charge < -0.3 is 0 Å². The molecule has 1 aliphatic rings. The van der Waals surface area contributed by atoms with Crippen molar-refractivity contribution < 1.29 is 13.2 Å². The number of halogens is 3. The molecule has 0 aromatic heterocycles. The van der Waals surface area contributed by atoms with Crippen LogP contribution in [0, 0.1) is 29.3 Å². The van der Waals surface area contributed by atoms with Gasteiger partial charge in [-0.1, -0.05) is 101 Å². The second kappa shape index (κ2) is 12.6. The molecular formula is C32H39F3. The van der Waals surface area contributed by atoms with Gasteiger partial charge in [-0.05, 0) is 71.7 Å². The molecule has 188 valence electrons. The van der Waals surface area contributed by atoms with Crippen LogP contribution in [0.4, 0.5) is 13.2 Å². The van der Waals surface area contributed by atoms with Crippen LogP contribution in [0.3, 0.4) is 0 Å². The Morgan fingerprint density at radius 1 is 0.657 bits per heavy atom. The largest absolute Gasteiger partial charge is 0.206 e. The fraction of sp³-hybridized carbons (Fsp3) is 0.500. The molecule has 0 aliphatic heterocycles. The summed E-state index contributed by atoms with van der Waals surface area (Å²) >= 11 is 0. The SMILES string of the molecule is CCCCCCC1CCC(CCc2ccc3c(F)c(CCc4ccc(F)c(F)c4)ccc3c2)CC1. The lowest BCUT2D eigenvalue weighted by Gasteiger charge is -2.28. The van der Waals surface area contributed by atoms with Crippen molar-refractivity contribution in [3.05, 3.63) is 82.7 Å². The van der Waals surface area contributed by atoms with Crippen molar-refractivity contribution in [3.63, 3.8) is 0 Å². The molecule has 0 unspecified atom stereocenters. The number of fused-ring (bicyclic) bond motifs is 1. The van der Waals surface area contributed by atoms with E-state index in [4.69, 9.17) is 0 Å². The molecule has 0 radical (unpaired) electrons. The summed E-state index contributed by atoms with van der Waals surface area (Å²) in [6, 6.07) is 13.8. The maximum absolute atomic E-state index is 15.2. The molecule has 3 aromatic carbocycles. The van der Waals surface area contributed by atoms with E-state index in [1.54, 1.807) is 6.07 Å². The highest BCUT2D eigenvalue weighted by molar-refractivity contribution is 5.84. The van der Waals surface area contributed by atoms with Crippen LogP contribution in [-0.2, 0) is 19.3 Å². The zero-order chi connectivity index (χ0) is 24.6. The lowest BCUT2D eigenvalue weighted by atomic mass is 9.77. The van der Waals surface area contributed by atoms with Crippen LogP contribution in [0.5, 0.6) is 0 Å². The zero-order valence-corrected chi connectivity index (χ0v) is 21.1. The summed E-state index contributed by atoms with van der Waals surface area (Å²) in [6.07, 6.45) is 15.6. The molecular weight excluding hydrogens is 441 g/mol. The highest BCUT2D eigenvalue weighted by Crippen LogP contribution is 2.34. The van der Waals surface area contributed by atoms with Gasteiger partial charge in [0.25, 0.3) is 0 Å². The van der Waals surface area contributed by atoms with Crippen LogP contribution < -0.4 is 0 Å². The normalized spacial score (nSPS) is 18.3. The minimum Gasteiger partial charge on any atom is -0.206 e.